The lowest BCUT2D eigenvalue weighted by molar-refractivity contribution is -0.274. The number of hydrogen-bond acceptors (Lipinski definition) is 4. The number of esters is 1. The Morgan fingerprint density at radius 2 is 1.90 bits per heavy atom. The van der Waals surface area contributed by atoms with Crippen LogP contribution in [0.4, 0.5) is 13.2 Å². The van der Waals surface area contributed by atoms with E-state index in [4.69, 9.17) is 10.5 Å². The van der Waals surface area contributed by atoms with E-state index in [-0.39, 0.29) is 17.6 Å². The third-order valence-corrected chi connectivity index (χ3v) is 5.75. The van der Waals surface area contributed by atoms with E-state index in [1.807, 2.05) is 13.0 Å². The average Bonchev–Trinajstić information content (AvgIpc) is 3.26. The summed E-state index contributed by atoms with van der Waals surface area (Å²) in [5, 5.41) is 0.527. The van der Waals surface area contributed by atoms with E-state index in [1.54, 1.807) is 18.2 Å². The minimum atomic E-state index is -4.85. The van der Waals surface area contributed by atoms with Crippen molar-refractivity contribution in [3.8, 4) is 11.4 Å². The lowest BCUT2D eigenvalue weighted by Gasteiger charge is -2.16. The van der Waals surface area contributed by atoms with Crippen LogP contribution in [0.2, 0.25) is 0 Å². The summed E-state index contributed by atoms with van der Waals surface area (Å²) in [6.45, 7) is 1.94. The number of nitrogens with two attached hydrogens (primary N) is 1. The number of halogens is 3. The van der Waals surface area contributed by atoms with E-state index in [1.165, 1.54) is 35.9 Å². The Morgan fingerprint density at radius 1 is 1.16 bits per heavy atom. The van der Waals surface area contributed by atoms with Gasteiger partial charge in [-0.05, 0) is 42.3 Å². The van der Waals surface area contributed by atoms with Crippen LogP contribution in [-0.4, -0.2) is 29.9 Å². The molecule has 6 nitrogen and oxygen atoms in total. The smallest absolute Gasteiger partial charge is 0.469 e. The number of amides is 1. The molecular formula is C22H19F3N2O4. The summed E-state index contributed by atoms with van der Waals surface area (Å²) >= 11 is 0. The summed E-state index contributed by atoms with van der Waals surface area (Å²) in [6.07, 6.45) is -4.23. The molecular weight excluding hydrogens is 413 g/mol. The Bertz CT molecular complexity index is 1200. The van der Waals surface area contributed by atoms with E-state index in [0.717, 1.165) is 5.56 Å². The number of methoxy groups -OCH3 is 1. The van der Waals surface area contributed by atoms with Crippen LogP contribution in [0, 0.1) is 5.92 Å². The summed E-state index contributed by atoms with van der Waals surface area (Å²) in [6, 6.07) is 12.5. The number of hydrogen-bond donors (Lipinski definition) is 1. The molecule has 2 aromatic carbocycles. The highest BCUT2D eigenvalue weighted by atomic mass is 19.4. The zero-order chi connectivity index (χ0) is 22.6. The van der Waals surface area contributed by atoms with Crippen LogP contribution in [0.25, 0.3) is 16.6 Å². The highest BCUT2D eigenvalue weighted by molar-refractivity contribution is 5.99. The van der Waals surface area contributed by atoms with Crippen LogP contribution >= 0.6 is 0 Å². The van der Waals surface area contributed by atoms with Crippen molar-refractivity contribution in [3.63, 3.8) is 0 Å². The Kier molecular flexibility index (Phi) is 4.72. The van der Waals surface area contributed by atoms with Gasteiger partial charge in [-0.25, -0.2) is 0 Å². The van der Waals surface area contributed by atoms with Gasteiger partial charge >= 0.3 is 12.3 Å². The molecule has 0 unspecified atom stereocenters. The van der Waals surface area contributed by atoms with Crippen LogP contribution in [0.1, 0.15) is 29.4 Å². The highest BCUT2D eigenvalue weighted by Crippen LogP contribution is 2.54. The number of rotatable bonds is 5. The van der Waals surface area contributed by atoms with Gasteiger partial charge in [-0.15, -0.1) is 13.2 Å². The standard InChI is InChI=1S/C22H19F3N2O4/c1-21(11-16(21)20(29)30-2)13-4-3-5-14(9-13)27-17-10-15(31-22(23,24)25)7-6-12(17)8-18(27)19(26)28/h3-10,16H,11H2,1-2H3,(H2,26,28)/t16-,21+/m0/s1. The number of carbonyl (C=O) groups excluding carboxylic acids is 2. The summed E-state index contributed by atoms with van der Waals surface area (Å²) < 4.78 is 48.4. The second-order valence-corrected chi connectivity index (χ2v) is 7.75. The van der Waals surface area contributed by atoms with Gasteiger partial charge < -0.3 is 19.8 Å². The zero-order valence-electron chi connectivity index (χ0n) is 16.7. The van der Waals surface area contributed by atoms with Gasteiger partial charge in [0, 0.05) is 22.6 Å². The molecule has 0 aliphatic heterocycles. The van der Waals surface area contributed by atoms with Crippen LogP contribution in [0.15, 0.2) is 48.5 Å². The van der Waals surface area contributed by atoms with E-state index in [2.05, 4.69) is 4.74 Å². The fourth-order valence-electron chi connectivity index (χ4n) is 4.01. The Morgan fingerprint density at radius 3 is 2.55 bits per heavy atom. The first-order valence-electron chi connectivity index (χ1n) is 9.43. The summed E-state index contributed by atoms with van der Waals surface area (Å²) in [5.41, 5.74) is 6.93. The number of nitrogens with zero attached hydrogens (tertiary/aromatic N) is 1. The molecule has 0 spiro atoms. The monoisotopic (exact) mass is 432 g/mol. The van der Waals surface area contributed by atoms with Gasteiger partial charge in [0.1, 0.15) is 11.4 Å². The molecule has 0 saturated heterocycles. The third kappa shape index (κ3) is 3.71. The minimum Gasteiger partial charge on any atom is -0.469 e. The molecule has 1 saturated carbocycles. The first kappa shape index (κ1) is 20.8. The Hall–Kier alpha value is -3.49. The molecule has 1 aromatic heterocycles. The molecule has 31 heavy (non-hydrogen) atoms. The van der Waals surface area contributed by atoms with E-state index in [0.29, 0.717) is 23.0 Å². The molecule has 1 fully saturated rings. The predicted molar refractivity (Wildman–Crippen MR) is 106 cm³/mol. The molecule has 2 N–H and O–H groups in total. The molecule has 9 heteroatoms. The second kappa shape index (κ2) is 7.04. The van der Waals surface area contributed by atoms with Crippen molar-refractivity contribution in [3.05, 3.63) is 59.8 Å². The maximum Gasteiger partial charge on any atom is 0.573 e. The van der Waals surface area contributed by atoms with Gasteiger partial charge in [-0.1, -0.05) is 19.1 Å². The number of primary amides is 1. The van der Waals surface area contributed by atoms with Gasteiger partial charge in [-0.2, -0.15) is 0 Å². The number of alkyl halides is 3. The molecule has 3 aromatic rings. The van der Waals surface area contributed by atoms with Crippen molar-refractivity contribution in [2.45, 2.75) is 25.1 Å². The highest BCUT2D eigenvalue weighted by Gasteiger charge is 2.56. The number of aromatic nitrogens is 1. The van der Waals surface area contributed by atoms with Crippen LogP contribution < -0.4 is 10.5 Å². The number of ether oxygens (including phenoxy) is 2. The first-order chi connectivity index (χ1) is 14.5. The lowest BCUT2D eigenvalue weighted by atomic mass is 9.95. The van der Waals surface area contributed by atoms with Gasteiger partial charge in [-0.3, -0.25) is 9.59 Å². The number of carbonyl (C=O) groups is 2. The second-order valence-electron chi connectivity index (χ2n) is 7.75. The molecule has 1 heterocycles. The van der Waals surface area contributed by atoms with Crippen LogP contribution in [0.5, 0.6) is 5.75 Å². The van der Waals surface area contributed by atoms with Gasteiger partial charge in [0.2, 0.25) is 0 Å². The van der Waals surface area contributed by atoms with Crippen molar-refractivity contribution in [2.75, 3.05) is 7.11 Å². The van der Waals surface area contributed by atoms with Crippen molar-refractivity contribution in [1.29, 1.82) is 0 Å². The largest absolute Gasteiger partial charge is 0.573 e. The quantitative estimate of drug-likeness (QED) is 0.616. The lowest BCUT2D eigenvalue weighted by Crippen LogP contribution is -2.17. The topological polar surface area (TPSA) is 83.5 Å². The Balaban J connectivity index is 1.84. The van der Waals surface area contributed by atoms with E-state index >= 15 is 0 Å². The maximum absolute atomic E-state index is 12.7. The van der Waals surface area contributed by atoms with Crippen LogP contribution in [-0.2, 0) is 14.9 Å². The van der Waals surface area contributed by atoms with E-state index < -0.39 is 23.4 Å². The molecule has 0 radical (unpaired) electrons. The predicted octanol–water partition coefficient (Wildman–Crippen LogP) is 4.08. The van der Waals surface area contributed by atoms with Crippen molar-refractivity contribution >= 4 is 22.8 Å². The van der Waals surface area contributed by atoms with E-state index in [9.17, 15) is 22.8 Å². The first-order valence-corrected chi connectivity index (χ1v) is 9.43. The number of fused-ring (bicyclic) bond motifs is 1. The van der Waals surface area contributed by atoms with Crippen LogP contribution in [0.3, 0.4) is 0 Å². The minimum absolute atomic E-state index is 0.113. The van der Waals surface area contributed by atoms with Crippen molar-refractivity contribution in [2.24, 2.45) is 11.7 Å². The van der Waals surface area contributed by atoms with Crippen molar-refractivity contribution in [1.82, 2.24) is 4.57 Å². The maximum atomic E-state index is 12.7. The van der Waals surface area contributed by atoms with Gasteiger partial charge in [0.25, 0.3) is 5.91 Å². The summed E-state index contributed by atoms with van der Waals surface area (Å²) in [4.78, 5) is 24.0. The molecule has 1 aliphatic carbocycles. The number of benzene rings is 2. The molecule has 1 amide bonds. The summed E-state index contributed by atoms with van der Waals surface area (Å²) in [5.74, 6) is -1.72. The molecule has 2 atom stereocenters. The summed E-state index contributed by atoms with van der Waals surface area (Å²) in [7, 11) is 1.34. The molecule has 162 valence electrons. The molecule has 0 bridgehead atoms. The van der Waals surface area contributed by atoms with Crippen molar-refractivity contribution < 1.29 is 32.2 Å². The zero-order valence-corrected chi connectivity index (χ0v) is 16.7. The fraction of sp³-hybridized carbons (Fsp3) is 0.273. The average molecular weight is 432 g/mol. The fourth-order valence-corrected chi connectivity index (χ4v) is 4.01. The third-order valence-electron chi connectivity index (χ3n) is 5.75. The molecule has 4 rings (SSSR count). The Labute approximate surface area is 175 Å². The van der Waals surface area contributed by atoms with Gasteiger partial charge in [0.05, 0.1) is 18.5 Å². The SMILES string of the molecule is COC(=O)[C@@H]1C[C@]1(C)c1cccc(-n2c(C(N)=O)cc3ccc(OC(F)(F)F)cc32)c1. The van der Waals surface area contributed by atoms with Gasteiger partial charge in [0.15, 0.2) is 0 Å². The molecule has 1 aliphatic rings. The normalized spacial score (nSPS) is 20.5.